The van der Waals surface area contributed by atoms with E-state index in [4.69, 9.17) is 4.42 Å². The lowest BCUT2D eigenvalue weighted by Gasteiger charge is -1.98. The topological polar surface area (TPSA) is 114 Å². The van der Waals surface area contributed by atoms with Gasteiger partial charge in [0.15, 0.2) is 5.76 Å². The molecule has 20 heavy (non-hydrogen) atoms. The van der Waals surface area contributed by atoms with Crippen LogP contribution in [0.2, 0.25) is 0 Å². The number of rotatable bonds is 5. The summed E-state index contributed by atoms with van der Waals surface area (Å²) < 4.78 is 30.1. The Hall–Kier alpha value is -1.78. The number of carbonyl (C=O) groups excluding carboxylic acids is 1. The number of sulfonamides is 1. The van der Waals surface area contributed by atoms with Gasteiger partial charge in [0, 0.05) is 0 Å². The Kier molecular flexibility index (Phi) is 4.16. The largest absolute Gasteiger partial charge is 0.438 e. The van der Waals surface area contributed by atoms with Gasteiger partial charge in [0.05, 0.1) is 0 Å². The standard InChI is InChI=1S/C10H12N4O4S2/c1-3-7-13-14-10(19-7)12-9(15)6-4-5-8(18-6)20(16,17)11-2/h4-5,11H,3H2,1-2H3,(H,12,14,15). The van der Waals surface area contributed by atoms with Crippen LogP contribution in [0, 0.1) is 0 Å². The molecule has 0 aliphatic heterocycles. The second-order valence-electron chi connectivity index (χ2n) is 3.63. The smallest absolute Gasteiger partial charge is 0.293 e. The highest BCUT2D eigenvalue weighted by atomic mass is 32.2. The van der Waals surface area contributed by atoms with E-state index in [1.807, 2.05) is 6.92 Å². The first kappa shape index (κ1) is 14.6. The van der Waals surface area contributed by atoms with Gasteiger partial charge in [-0.15, -0.1) is 10.2 Å². The summed E-state index contributed by atoms with van der Waals surface area (Å²) in [6.07, 6.45) is 0.721. The van der Waals surface area contributed by atoms with Crippen LogP contribution in [0.25, 0.3) is 0 Å². The zero-order valence-electron chi connectivity index (χ0n) is 10.7. The zero-order valence-corrected chi connectivity index (χ0v) is 12.3. The molecule has 2 aromatic rings. The first-order chi connectivity index (χ1) is 9.46. The molecule has 0 bridgehead atoms. The molecule has 0 atom stereocenters. The molecule has 108 valence electrons. The highest BCUT2D eigenvalue weighted by Gasteiger charge is 2.20. The summed E-state index contributed by atoms with van der Waals surface area (Å²) in [6, 6.07) is 2.49. The van der Waals surface area contributed by atoms with Crippen molar-refractivity contribution >= 4 is 32.4 Å². The van der Waals surface area contributed by atoms with Crippen molar-refractivity contribution < 1.29 is 17.6 Å². The van der Waals surface area contributed by atoms with Gasteiger partial charge >= 0.3 is 0 Å². The lowest BCUT2D eigenvalue weighted by molar-refractivity contribution is 0.0991. The van der Waals surface area contributed by atoms with Gasteiger partial charge in [0.25, 0.3) is 15.9 Å². The van der Waals surface area contributed by atoms with Crippen LogP contribution >= 0.6 is 11.3 Å². The normalized spacial score (nSPS) is 11.5. The molecule has 1 amide bonds. The first-order valence-corrected chi connectivity index (χ1v) is 7.93. The molecule has 0 radical (unpaired) electrons. The van der Waals surface area contributed by atoms with Gasteiger partial charge in [-0.1, -0.05) is 18.3 Å². The van der Waals surface area contributed by atoms with Gasteiger partial charge in [-0.2, -0.15) is 0 Å². The molecular weight excluding hydrogens is 304 g/mol. The van der Waals surface area contributed by atoms with Crippen LogP contribution < -0.4 is 10.0 Å². The van der Waals surface area contributed by atoms with Crippen LogP contribution in [0.1, 0.15) is 22.5 Å². The molecule has 0 saturated carbocycles. The maximum absolute atomic E-state index is 11.9. The highest BCUT2D eigenvalue weighted by Crippen LogP contribution is 2.18. The summed E-state index contributed by atoms with van der Waals surface area (Å²) in [4.78, 5) is 11.9. The van der Waals surface area contributed by atoms with Crippen molar-refractivity contribution in [1.82, 2.24) is 14.9 Å². The lowest BCUT2D eigenvalue weighted by atomic mass is 10.4. The summed E-state index contributed by atoms with van der Waals surface area (Å²) in [5, 5.41) is 10.9. The Morgan fingerprint density at radius 1 is 1.40 bits per heavy atom. The third-order valence-electron chi connectivity index (χ3n) is 2.33. The van der Waals surface area contributed by atoms with E-state index in [0.29, 0.717) is 5.13 Å². The second kappa shape index (κ2) is 5.69. The van der Waals surface area contributed by atoms with Crippen molar-refractivity contribution in [2.24, 2.45) is 0 Å². The molecule has 0 aliphatic rings. The van der Waals surface area contributed by atoms with Crippen molar-refractivity contribution in [3.05, 3.63) is 22.9 Å². The van der Waals surface area contributed by atoms with E-state index in [-0.39, 0.29) is 10.9 Å². The fourth-order valence-electron chi connectivity index (χ4n) is 1.29. The number of aryl methyl sites for hydroxylation is 1. The first-order valence-electron chi connectivity index (χ1n) is 5.63. The Morgan fingerprint density at radius 3 is 2.75 bits per heavy atom. The average Bonchev–Trinajstić information content (AvgIpc) is 3.07. The van der Waals surface area contributed by atoms with E-state index in [2.05, 4.69) is 20.2 Å². The maximum Gasteiger partial charge on any atom is 0.293 e. The fourth-order valence-corrected chi connectivity index (χ4v) is 2.62. The minimum Gasteiger partial charge on any atom is -0.438 e. The molecule has 0 saturated heterocycles. The summed E-state index contributed by atoms with van der Waals surface area (Å²) in [7, 11) is -2.45. The number of nitrogens with zero attached hydrogens (tertiary/aromatic N) is 2. The monoisotopic (exact) mass is 316 g/mol. The highest BCUT2D eigenvalue weighted by molar-refractivity contribution is 7.89. The van der Waals surface area contributed by atoms with Crippen molar-refractivity contribution in [1.29, 1.82) is 0 Å². The van der Waals surface area contributed by atoms with Crippen molar-refractivity contribution in [3.63, 3.8) is 0 Å². The molecule has 10 heteroatoms. The summed E-state index contributed by atoms with van der Waals surface area (Å²) >= 11 is 1.25. The van der Waals surface area contributed by atoms with E-state index >= 15 is 0 Å². The van der Waals surface area contributed by atoms with E-state index in [1.165, 1.54) is 30.5 Å². The Balaban J connectivity index is 2.14. The second-order valence-corrected chi connectivity index (χ2v) is 6.51. The number of furan rings is 1. The van der Waals surface area contributed by atoms with Crippen LogP contribution in [-0.4, -0.2) is 31.6 Å². The molecule has 2 heterocycles. The van der Waals surface area contributed by atoms with Crippen LogP contribution in [0.5, 0.6) is 0 Å². The molecule has 8 nitrogen and oxygen atoms in total. The van der Waals surface area contributed by atoms with Gasteiger partial charge in [0.2, 0.25) is 10.2 Å². The predicted molar refractivity (Wildman–Crippen MR) is 72.2 cm³/mol. The molecular formula is C10H12N4O4S2. The molecule has 2 rings (SSSR count). The summed E-state index contributed by atoms with van der Waals surface area (Å²) in [5.74, 6) is -0.701. The predicted octanol–water partition coefficient (Wildman–Crippen LogP) is 0.854. The third kappa shape index (κ3) is 3.03. The number of nitrogens with one attached hydrogen (secondary N) is 2. The maximum atomic E-state index is 11.9. The van der Waals surface area contributed by atoms with Gasteiger partial charge < -0.3 is 4.42 Å². The number of amides is 1. The molecule has 0 aliphatic carbocycles. The lowest BCUT2D eigenvalue weighted by Crippen LogP contribution is -2.18. The fraction of sp³-hybridized carbons (Fsp3) is 0.300. The minimum atomic E-state index is -3.71. The summed E-state index contributed by atoms with van der Waals surface area (Å²) in [6.45, 7) is 1.92. The van der Waals surface area contributed by atoms with Gasteiger partial charge in [-0.25, -0.2) is 13.1 Å². The molecule has 2 N–H and O–H groups in total. The number of anilines is 1. The minimum absolute atomic E-state index is 0.118. The van der Waals surface area contributed by atoms with Crippen LogP contribution in [0.4, 0.5) is 5.13 Å². The SMILES string of the molecule is CCc1nnc(NC(=O)c2ccc(S(=O)(=O)NC)o2)s1. The molecule has 0 unspecified atom stereocenters. The average molecular weight is 316 g/mol. The molecule has 0 fully saturated rings. The third-order valence-corrected chi connectivity index (χ3v) is 4.60. The summed E-state index contributed by atoms with van der Waals surface area (Å²) in [5.41, 5.74) is 0. The number of aromatic nitrogens is 2. The van der Waals surface area contributed by atoms with Gasteiger partial charge in [0.1, 0.15) is 5.01 Å². The molecule has 0 aromatic carbocycles. The number of hydrogen-bond donors (Lipinski definition) is 2. The Bertz CT molecular complexity index is 719. The van der Waals surface area contributed by atoms with Crippen molar-refractivity contribution in [2.75, 3.05) is 12.4 Å². The quantitative estimate of drug-likeness (QED) is 0.845. The zero-order chi connectivity index (χ0) is 14.8. The van der Waals surface area contributed by atoms with E-state index in [0.717, 1.165) is 11.4 Å². The van der Waals surface area contributed by atoms with Crippen LogP contribution in [0.15, 0.2) is 21.6 Å². The van der Waals surface area contributed by atoms with Crippen LogP contribution in [-0.2, 0) is 16.4 Å². The van der Waals surface area contributed by atoms with Gasteiger partial charge in [-0.05, 0) is 25.6 Å². The Labute approximate surface area is 119 Å². The number of hydrogen-bond acceptors (Lipinski definition) is 7. The Morgan fingerprint density at radius 2 is 2.15 bits per heavy atom. The molecule has 0 spiro atoms. The van der Waals surface area contributed by atoms with E-state index < -0.39 is 15.9 Å². The van der Waals surface area contributed by atoms with E-state index in [9.17, 15) is 13.2 Å². The van der Waals surface area contributed by atoms with E-state index in [1.54, 1.807) is 0 Å². The van der Waals surface area contributed by atoms with Crippen LogP contribution in [0.3, 0.4) is 0 Å². The van der Waals surface area contributed by atoms with Crippen molar-refractivity contribution in [3.8, 4) is 0 Å². The number of carbonyl (C=O) groups is 1. The molecule has 2 aromatic heterocycles. The van der Waals surface area contributed by atoms with Gasteiger partial charge in [-0.3, -0.25) is 10.1 Å². The van der Waals surface area contributed by atoms with Crippen molar-refractivity contribution in [2.45, 2.75) is 18.4 Å².